The predicted molar refractivity (Wildman–Crippen MR) is 137 cm³/mol. The number of nitrogens with zero attached hydrogens (tertiary/aromatic N) is 4. The Bertz CT molecular complexity index is 1050. The molecule has 3 heterocycles. The number of anilines is 1. The summed E-state index contributed by atoms with van der Waals surface area (Å²) in [5.41, 5.74) is 1.36. The standard InChI is InChI=1S/C28H37FN4O4/c1-2-36-18-19-14-30-28(31-15-19)32-8-5-20(6-9-32)25-11-21(25)7-10-37-24-4-3-22(26(29)13-24)12-27(35)33-16-23(34)17-33/h3-4,13-15,20-21,23,25,34H,2,5-12,16-18H2,1H3/t21-,25-/m1/s1. The van der Waals surface area contributed by atoms with Crippen LogP contribution < -0.4 is 9.64 Å². The Morgan fingerprint density at radius 3 is 2.62 bits per heavy atom. The molecule has 1 amide bonds. The Kier molecular flexibility index (Phi) is 8.20. The third kappa shape index (κ3) is 6.57. The van der Waals surface area contributed by atoms with Gasteiger partial charge in [-0.2, -0.15) is 0 Å². The number of benzene rings is 1. The largest absolute Gasteiger partial charge is 0.493 e. The molecule has 2 saturated heterocycles. The highest BCUT2D eigenvalue weighted by Gasteiger charge is 2.43. The summed E-state index contributed by atoms with van der Waals surface area (Å²) in [4.78, 5) is 25.0. The molecule has 2 aliphatic heterocycles. The number of β-amino-alcohol motifs (C(OH)–C–C–N with tert-alkyl or cyclic N) is 1. The van der Waals surface area contributed by atoms with Gasteiger partial charge in [0, 0.05) is 56.8 Å². The van der Waals surface area contributed by atoms with Gasteiger partial charge in [0.15, 0.2) is 0 Å². The number of piperidine rings is 1. The van der Waals surface area contributed by atoms with Crippen LogP contribution in [0.3, 0.4) is 0 Å². The summed E-state index contributed by atoms with van der Waals surface area (Å²) in [7, 11) is 0. The molecule has 200 valence electrons. The molecule has 3 fully saturated rings. The molecule has 2 atom stereocenters. The van der Waals surface area contributed by atoms with Gasteiger partial charge >= 0.3 is 0 Å². The van der Waals surface area contributed by atoms with Crippen molar-refractivity contribution >= 4 is 11.9 Å². The molecule has 1 aromatic heterocycles. The minimum atomic E-state index is -0.452. The van der Waals surface area contributed by atoms with Crippen LogP contribution in [0.2, 0.25) is 0 Å². The van der Waals surface area contributed by atoms with Crippen LogP contribution in [0, 0.1) is 23.6 Å². The minimum Gasteiger partial charge on any atom is -0.493 e. The molecular weight excluding hydrogens is 475 g/mol. The van der Waals surface area contributed by atoms with E-state index in [1.165, 1.54) is 12.5 Å². The number of aromatic nitrogens is 2. The first-order valence-corrected chi connectivity index (χ1v) is 13.5. The number of aliphatic hydroxyl groups is 1. The molecule has 0 unspecified atom stereocenters. The zero-order valence-electron chi connectivity index (χ0n) is 21.5. The Labute approximate surface area is 217 Å². The van der Waals surface area contributed by atoms with Crippen LogP contribution in [0.25, 0.3) is 0 Å². The number of ether oxygens (including phenoxy) is 2. The molecule has 8 nitrogen and oxygen atoms in total. The van der Waals surface area contributed by atoms with E-state index in [4.69, 9.17) is 9.47 Å². The molecule has 3 aliphatic rings. The molecule has 1 saturated carbocycles. The molecule has 1 aromatic carbocycles. The van der Waals surface area contributed by atoms with Gasteiger partial charge in [-0.05, 0) is 62.0 Å². The highest BCUT2D eigenvalue weighted by molar-refractivity contribution is 5.79. The second-order valence-corrected chi connectivity index (χ2v) is 10.5. The van der Waals surface area contributed by atoms with Crippen molar-refractivity contribution in [2.24, 2.45) is 17.8 Å². The zero-order chi connectivity index (χ0) is 25.8. The van der Waals surface area contributed by atoms with Gasteiger partial charge in [-0.15, -0.1) is 0 Å². The van der Waals surface area contributed by atoms with Gasteiger partial charge in [-0.25, -0.2) is 14.4 Å². The van der Waals surface area contributed by atoms with Gasteiger partial charge in [0.1, 0.15) is 11.6 Å². The lowest BCUT2D eigenvalue weighted by atomic mass is 9.90. The highest BCUT2D eigenvalue weighted by Crippen LogP contribution is 2.49. The smallest absolute Gasteiger partial charge is 0.227 e. The number of halogens is 1. The molecule has 0 radical (unpaired) electrons. The second-order valence-electron chi connectivity index (χ2n) is 10.5. The van der Waals surface area contributed by atoms with E-state index in [0.717, 1.165) is 55.7 Å². The number of rotatable bonds is 11. The van der Waals surface area contributed by atoms with Crippen molar-refractivity contribution in [2.75, 3.05) is 44.3 Å². The molecule has 37 heavy (non-hydrogen) atoms. The second kappa shape index (κ2) is 11.7. The van der Waals surface area contributed by atoms with Gasteiger partial charge in [0.05, 0.1) is 25.7 Å². The van der Waals surface area contributed by atoms with Crippen LogP contribution in [0.15, 0.2) is 30.6 Å². The first-order valence-electron chi connectivity index (χ1n) is 13.5. The number of hydrogen-bond donors (Lipinski definition) is 1. The lowest BCUT2D eigenvalue weighted by molar-refractivity contribution is -0.140. The maximum absolute atomic E-state index is 14.5. The maximum Gasteiger partial charge on any atom is 0.227 e. The molecular formula is C28H37FN4O4. The van der Waals surface area contributed by atoms with Gasteiger partial charge in [0.2, 0.25) is 11.9 Å². The van der Waals surface area contributed by atoms with Crippen molar-refractivity contribution in [1.29, 1.82) is 0 Å². The van der Waals surface area contributed by atoms with E-state index in [2.05, 4.69) is 14.9 Å². The van der Waals surface area contributed by atoms with E-state index >= 15 is 0 Å². The van der Waals surface area contributed by atoms with Crippen molar-refractivity contribution in [3.63, 3.8) is 0 Å². The lowest BCUT2D eigenvalue weighted by Gasteiger charge is -2.35. The number of aliphatic hydroxyl groups excluding tert-OH is 1. The van der Waals surface area contributed by atoms with E-state index in [1.54, 1.807) is 17.0 Å². The summed E-state index contributed by atoms with van der Waals surface area (Å²) in [6.07, 6.45) is 7.83. The summed E-state index contributed by atoms with van der Waals surface area (Å²) in [5.74, 6) is 2.90. The summed E-state index contributed by atoms with van der Waals surface area (Å²) in [6.45, 7) is 6.44. The summed E-state index contributed by atoms with van der Waals surface area (Å²) < 4.78 is 25.7. The van der Waals surface area contributed by atoms with Crippen LogP contribution >= 0.6 is 0 Å². The van der Waals surface area contributed by atoms with Crippen molar-refractivity contribution < 1.29 is 23.8 Å². The fourth-order valence-electron chi connectivity index (χ4n) is 5.54. The summed E-state index contributed by atoms with van der Waals surface area (Å²) >= 11 is 0. The number of carbonyl (C=O) groups excluding carboxylic acids is 1. The molecule has 1 aliphatic carbocycles. The van der Waals surface area contributed by atoms with Crippen molar-refractivity contribution in [1.82, 2.24) is 14.9 Å². The Hall–Kier alpha value is -2.78. The highest BCUT2D eigenvalue weighted by atomic mass is 19.1. The zero-order valence-corrected chi connectivity index (χ0v) is 21.5. The van der Waals surface area contributed by atoms with Gasteiger partial charge in [0.25, 0.3) is 0 Å². The minimum absolute atomic E-state index is 0.00670. The molecule has 2 aromatic rings. The van der Waals surface area contributed by atoms with Crippen LogP contribution in [-0.2, 0) is 22.6 Å². The first kappa shape index (κ1) is 25.9. The molecule has 1 N–H and O–H groups in total. The lowest BCUT2D eigenvalue weighted by Crippen LogP contribution is -2.54. The van der Waals surface area contributed by atoms with Crippen molar-refractivity contribution in [2.45, 2.75) is 51.7 Å². The van der Waals surface area contributed by atoms with E-state index in [-0.39, 0.29) is 12.3 Å². The van der Waals surface area contributed by atoms with E-state index in [0.29, 0.717) is 50.1 Å². The van der Waals surface area contributed by atoms with Gasteiger partial charge in [-0.1, -0.05) is 6.07 Å². The molecule has 9 heteroatoms. The number of hydrogen-bond acceptors (Lipinski definition) is 7. The van der Waals surface area contributed by atoms with Gasteiger partial charge in [-0.3, -0.25) is 4.79 Å². The Morgan fingerprint density at radius 2 is 1.95 bits per heavy atom. The summed E-state index contributed by atoms with van der Waals surface area (Å²) in [6, 6.07) is 4.74. The van der Waals surface area contributed by atoms with E-state index in [1.807, 2.05) is 19.3 Å². The Balaban J connectivity index is 0.999. The van der Waals surface area contributed by atoms with Crippen LogP contribution in [0.4, 0.5) is 10.3 Å². The SMILES string of the molecule is CCOCc1cnc(N2CCC([C@H]3C[C@H]3CCOc3ccc(CC(=O)N4CC(O)C4)c(F)c3)CC2)nc1. The number of likely N-dealkylation sites (tertiary alicyclic amines) is 1. The third-order valence-corrected chi connectivity index (χ3v) is 7.91. The average Bonchev–Trinajstić information content (AvgIpc) is 3.67. The van der Waals surface area contributed by atoms with Crippen molar-refractivity contribution in [3.05, 3.63) is 47.5 Å². The third-order valence-electron chi connectivity index (χ3n) is 7.91. The fraction of sp³-hybridized carbons (Fsp3) is 0.607. The average molecular weight is 513 g/mol. The quantitative estimate of drug-likeness (QED) is 0.495. The van der Waals surface area contributed by atoms with E-state index < -0.39 is 11.9 Å². The first-order chi connectivity index (χ1) is 18.0. The number of amides is 1. The molecule has 0 spiro atoms. The maximum atomic E-state index is 14.5. The molecule has 5 rings (SSSR count). The predicted octanol–water partition coefficient (Wildman–Crippen LogP) is 3.22. The van der Waals surface area contributed by atoms with Crippen LogP contribution in [0.5, 0.6) is 5.75 Å². The normalized spacial score (nSPS) is 22.1. The van der Waals surface area contributed by atoms with Crippen molar-refractivity contribution in [3.8, 4) is 5.75 Å². The summed E-state index contributed by atoms with van der Waals surface area (Å²) in [5, 5.41) is 9.33. The molecule has 0 bridgehead atoms. The Morgan fingerprint density at radius 1 is 1.19 bits per heavy atom. The monoisotopic (exact) mass is 512 g/mol. The van der Waals surface area contributed by atoms with E-state index in [9.17, 15) is 14.3 Å². The van der Waals surface area contributed by atoms with Gasteiger partial charge < -0.3 is 24.4 Å². The van der Waals surface area contributed by atoms with Crippen LogP contribution in [-0.4, -0.2) is 71.4 Å². The topological polar surface area (TPSA) is 88.0 Å². The fourth-order valence-corrected chi connectivity index (χ4v) is 5.54. The van der Waals surface area contributed by atoms with Crippen LogP contribution in [0.1, 0.15) is 43.7 Å². The number of carbonyl (C=O) groups is 1.